The van der Waals surface area contributed by atoms with Crippen LogP contribution < -0.4 is 10.2 Å². The van der Waals surface area contributed by atoms with Crippen molar-refractivity contribution in [2.45, 2.75) is 18.9 Å². The second kappa shape index (κ2) is 10.7. The molecule has 2 aromatic carbocycles. The third kappa shape index (κ3) is 7.65. The van der Waals surface area contributed by atoms with Crippen molar-refractivity contribution >= 4 is 27.1 Å². The van der Waals surface area contributed by atoms with Crippen molar-refractivity contribution in [3.05, 3.63) is 60.2 Å². The molecule has 0 aliphatic carbocycles. The van der Waals surface area contributed by atoms with Gasteiger partial charge in [-0.15, -0.1) is 0 Å². The summed E-state index contributed by atoms with van der Waals surface area (Å²) in [6.07, 6.45) is 1.89. The van der Waals surface area contributed by atoms with Crippen molar-refractivity contribution in [2.75, 3.05) is 54.9 Å². The molecule has 1 amide bonds. The van der Waals surface area contributed by atoms with Crippen molar-refractivity contribution in [1.82, 2.24) is 4.90 Å². The van der Waals surface area contributed by atoms with Crippen LogP contribution in [-0.2, 0) is 14.6 Å². The first-order valence-corrected chi connectivity index (χ1v) is 12.6. The molecule has 0 bridgehead atoms. The minimum absolute atomic E-state index is 0.488. The van der Waals surface area contributed by atoms with Crippen LogP contribution in [0.3, 0.4) is 0 Å². The number of hydrogen-bond acceptors (Lipinski definition) is 6. The number of hydrogen-bond donors (Lipinski definition) is 2. The molecule has 2 aromatic rings. The van der Waals surface area contributed by atoms with Crippen LogP contribution in [0.15, 0.2) is 54.6 Å². The zero-order valence-electron chi connectivity index (χ0n) is 17.9. The van der Waals surface area contributed by atoms with Crippen LogP contribution in [0.2, 0.25) is 0 Å². The van der Waals surface area contributed by atoms with Gasteiger partial charge < -0.3 is 15.3 Å². The van der Waals surface area contributed by atoms with E-state index >= 15 is 0 Å². The lowest BCUT2D eigenvalue weighted by atomic mass is 10.0. The zero-order valence-corrected chi connectivity index (χ0v) is 18.7. The Kier molecular flexibility index (Phi) is 8.06. The quantitative estimate of drug-likeness (QED) is 0.616. The first-order valence-electron chi connectivity index (χ1n) is 10.6. The maximum atomic E-state index is 11.8. The van der Waals surface area contributed by atoms with Gasteiger partial charge in [0, 0.05) is 43.8 Å². The number of para-hydroxylation sites is 1. The minimum Gasteiger partial charge on any atom is -0.388 e. The molecule has 168 valence electrons. The van der Waals surface area contributed by atoms with Crippen LogP contribution in [0.5, 0.6) is 0 Å². The topological polar surface area (TPSA) is 89.9 Å². The molecule has 1 saturated heterocycles. The summed E-state index contributed by atoms with van der Waals surface area (Å²) in [6.45, 7) is 4.95. The molecule has 3 rings (SSSR count). The molecule has 1 heterocycles. The third-order valence-electron chi connectivity index (χ3n) is 5.39. The van der Waals surface area contributed by atoms with E-state index in [-0.39, 0.29) is 0 Å². The monoisotopic (exact) mass is 445 g/mol. The Morgan fingerprint density at radius 1 is 1.06 bits per heavy atom. The van der Waals surface area contributed by atoms with Gasteiger partial charge >= 0.3 is 0 Å². The lowest BCUT2D eigenvalue weighted by molar-refractivity contribution is -0.113. The van der Waals surface area contributed by atoms with E-state index in [4.69, 9.17) is 0 Å². The molecule has 1 unspecified atom stereocenters. The van der Waals surface area contributed by atoms with Crippen LogP contribution in [0.4, 0.5) is 11.4 Å². The molecule has 31 heavy (non-hydrogen) atoms. The van der Waals surface area contributed by atoms with Crippen LogP contribution in [-0.4, -0.2) is 69.1 Å². The predicted octanol–water partition coefficient (Wildman–Crippen LogP) is 2.31. The summed E-state index contributed by atoms with van der Waals surface area (Å²) in [7, 11) is -3.38. The summed E-state index contributed by atoms with van der Waals surface area (Å²) >= 11 is 0. The van der Waals surface area contributed by atoms with Crippen LogP contribution in [0, 0.1) is 0 Å². The Hall–Kier alpha value is -2.42. The van der Waals surface area contributed by atoms with E-state index in [2.05, 4.69) is 39.4 Å². The molecule has 0 aromatic heterocycles. The number of nitrogens with one attached hydrogen (secondary N) is 1. The standard InChI is InChI=1S/C23H31N3O4S/c1-31(29,30)18-23(28)24-20-8-5-7-19(17-20)22(27)11-6-12-25-13-15-26(16-14-25)21-9-3-2-4-10-21/h2-5,7-10,17,22,27H,6,11-16,18H2,1H3,(H,24,28). The number of amides is 1. The number of nitrogens with zero attached hydrogens (tertiary/aromatic N) is 2. The van der Waals surface area contributed by atoms with Crippen molar-refractivity contribution in [3.63, 3.8) is 0 Å². The number of rotatable bonds is 9. The lowest BCUT2D eigenvalue weighted by Gasteiger charge is -2.36. The predicted molar refractivity (Wildman–Crippen MR) is 124 cm³/mol. The molecule has 1 aliphatic heterocycles. The fourth-order valence-corrected chi connectivity index (χ4v) is 4.35. The highest BCUT2D eigenvalue weighted by atomic mass is 32.2. The van der Waals surface area contributed by atoms with E-state index in [1.807, 2.05) is 12.1 Å². The largest absolute Gasteiger partial charge is 0.388 e. The van der Waals surface area contributed by atoms with Gasteiger partial charge in [0.25, 0.3) is 0 Å². The third-order valence-corrected chi connectivity index (χ3v) is 6.18. The Labute approximate surface area is 184 Å². The van der Waals surface area contributed by atoms with E-state index in [9.17, 15) is 18.3 Å². The normalized spacial score (nSPS) is 16.1. The summed E-state index contributed by atoms with van der Waals surface area (Å²) < 4.78 is 22.5. The summed E-state index contributed by atoms with van der Waals surface area (Å²) in [5.41, 5.74) is 2.47. The van der Waals surface area contributed by atoms with Gasteiger partial charge in [-0.2, -0.15) is 0 Å². The number of aliphatic hydroxyl groups is 1. The molecule has 0 radical (unpaired) electrons. The molecular formula is C23H31N3O4S. The highest BCUT2D eigenvalue weighted by molar-refractivity contribution is 7.91. The first-order chi connectivity index (χ1) is 14.8. The fourth-order valence-electron chi connectivity index (χ4n) is 3.80. The number of aliphatic hydroxyl groups excluding tert-OH is 1. The Morgan fingerprint density at radius 2 is 1.77 bits per heavy atom. The van der Waals surface area contributed by atoms with Crippen molar-refractivity contribution in [3.8, 4) is 0 Å². The van der Waals surface area contributed by atoms with E-state index < -0.39 is 27.6 Å². The molecule has 7 nitrogen and oxygen atoms in total. The van der Waals surface area contributed by atoms with Gasteiger partial charge in [0.05, 0.1) is 6.10 Å². The molecule has 2 N–H and O–H groups in total. The maximum Gasteiger partial charge on any atom is 0.239 e. The lowest BCUT2D eigenvalue weighted by Crippen LogP contribution is -2.46. The Balaban J connectivity index is 1.42. The fraction of sp³-hybridized carbons (Fsp3) is 0.435. The van der Waals surface area contributed by atoms with E-state index in [0.717, 1.165) is 45.4 Å². The van der Waals surface area contributed by atoms with Crippen molar-refractivity contribution in [1.29, 1.82) is 0 Å². The van der Waals surface area contributed by atoms with Crippen LogP contribution in [0.1, 0.15) is 24.5 Å². The highest BCUT2D eigenvalue weighted by Crippen LogP contribution is 2.22. The number of anilines is 2. The first kappa shape index (κ1) is 23.2. The summed E-state index contributed by atoms with van der Waals surface area (Å²) in [4.78, 5) is 16.6. The van der Waals surface area contributed by atoms with E-state index in [1.54, 1.807) is 18.2 Å². The molecule has 1 atom stereocenters. The minimum atomic E-state index is -3.38. The average Bonchev–Trinajstić information content (AvgIpc) is 2.73. The zero-order chi connectivity index (χ0) is 22.3. The van der Waals surface area contributed by atoms with Gasteiger partial charge in [-0.25, -0.2) is 8.42 Å². The summed E-state index contributed by atoms with van der Waals surface area (Å²) in [5.74, 6) is -1.14. The summed E-state index contributed by atoms with van der Waals surface area (Å²) in [5, 5.41) is 13.1. The number of piperazine rings is 1. The van der Waals surface area contributed by atoms with Gasteiger partial charge in [0.2, 0.25) is 5.91 Å². The summed E-state index contributed by atoms with van der Waals surface area (Å²) in [6, 6.07) is 17.4. The van der Waals surface area contributed by atoms with Gasteiger partial charge in [0.15, 0.2) is 9.84 Å². The Bertz CT molecular complexity index is 958. The van der Waals surface area contributed by atoms with Gasteiger partial charge in [-0.1, -0.05) is 30.3 Å². The molecule has 1 fully saturated rings. The number of benzene rings is 2. The molecule has 8 heteroatoms. The molecular weight excluding hydrogens is 414 g/mol. The van der Waals surface area contributed by atoms with E-state index in [0.29, 0.717) is 17.7 Å². The smallest absolute Gasteiger partial charge is 0.239 e. The number of sulfone groups is 1. The number of carbonyl (C=O) groups is 1. The maximum absolute atomic E-state index is 11.8. The van der Waals surface area contributed by atoms with Crippen molar-refractivity contribution < 1.29 is 18.3 Å². The second-order valence-electron chi connectivity index (χ2n) is 8.07. The van der Waals surface area contributed by atoms with Crippen LogP contribution >= 0.6 is 0 Å². The highest BCUT2D eigenvalue weighted by Gasteiger charge is 2.17. The van der Waals surface area contributed by atoms with Gasteiger partial charge in [-0.3, -0.25) is 9.69 Å². The second-order valence-corrected chi connectivity index (χ2v) is 10.2. The molecule has 0 saturated carbocycles. The molecule has 1 aliphatic rings. The van der Waals surface area contributed by atoms with Gasteiger partial charge in [-0.05, 0) is 49.2 Å². The van der Waals surface area contributed by atoms with Crippen LogP contribution in [0.25, 0.3) is 0 Å². The average molecular weight is 446 g/mol. The van der Waals surface area contributed by atoms with Crippen molar-refractivity contribution in [2.24, 2.45) is 0 Å². The van der Waals surface area contributed by atoms with Gasteiger partial charge in [0.1, 0.15) is 5.75 Å². The Morgan fingerprint density at radius 3 is 2.45 bits per heavy atom. The molecule has 0 spiro atoms. The number of carbonyl (C=O) groups excluding carboxylic acids is 1. The van der Waals surface area contributed by atoms with E-state index in [1.165, 1.54) is 5.69 Å². The SMILES string of the molecule is CS(=O)(=O)CC(=O)Nc1cccc(C(O)CCCN2CCN(c3ccccc3)CC2)c1.